The molecule has 0 atom stereocenters. The van der Waals surface area contributed by atoms with Gasteiger partial charge in [0.15, 0.2) is 8.07 Å². The minimum Gasteiger partial charge on any atom is -0.456 e. The summed E-state index contributed by atoms with van der Waals surface area (Å²) < 4.78 is 13.0. The monoisotopic (exact) mass is 842 g/mol. The van der Waals surface area contributed by atoms with Crippen LogP contribution in [0.1, 0.15) is 0 Å². The molecule has 0 radical (unpaired) electrons. The molecule has 13 aromatic rings. The lowest BCUT2D eigenvalue weighted by Crippen LogP contribution is -2.73. The second-order valence-corrected chi connectivity index (χ2v) is 21.1. The highest BCUT2D eigenvalue weighted by Crippen LogP contribution is 2.48. The summed E-state index contributed by atoms with van der Waals surface area (Å²) in [6.07, 6.45) is 0. The molecule has 0 bridgehead atoms. The quantitative estimate of drug-likeness (QED) is 0.127. The van der Waals surface area contributed by atoms with Crippen LogP contribution in [-0.4, -0.2) is 8.07 Å². The Morgan fingerprint density at radius 1 is 0.262 bits per heavy atom. The van der Waals surface area contributed by atoms with Gasteiger partial charge in [0, 0.05) is 21.5 Å². The van der Waals surface area contributed by atoms with Gasteiger partial charge in [-0.05, 0) is 117 Å². The van der Waals surface area contributed by atoms with Crippen molar-refractivity contribution in [2.45, 2.75) is 0 Å². The van der Waals surface area contributed by atoms with Crippen molar-refractivity contribution in [3.8, 4) is 44.5 Å². The van der Waals surface area contributed by atoms with Crippen molar-refractivity contribution < 1.29 is 8.83 Å². The van der Waals surface area contributed by atoms with E-state index >= 15 is 0 Å². The van der Waals surface area contributed by atoms with E-state index in [0.717, 1.165) is 55.0 Å². The van der Waals surface area contributed by atoms with Gasteiger partial charge >= 0.3 is 0 Å². The zero-order valence-corrected chi connectivity index (χ0v) is 36.3. The lowest BCUT2D eigenvalue weighted by atomic mass is 9.84. The summed E-state index contributed by atoms with van der Waals surface area (Å²) in [4.78, 5) is 0. The number of rotatable bonds is 5. The van der Waals surface area contributed by atoms with Gasteiger partial charge in [0.2, 0.25) is 0 Å². The molecule has 0 spiro atoms. The van der Waals surface area contributed by atoms with Crippen LogP contribution in [0.5, 0.6) is 0 Å². The Labute approximate surface area is 376 Å². The summed E-state index contributed by atoms with van der Waals surface area (Å²) in [5.74, 6) is 0. The van der Waals surface area contributed by atoms with Crippen LogP contribution in [0.15, 0.2) is 239 Å². The molecule has 1 aliphatic rings. The summed E-state index contributed by atoms with van der Waals surface area (Å²) in [5.41, 5.74) is 13.4. The van der Waals surface area contributed by atoms with Crippen LogP contribution in [0, 0.1) is 0 Å². The second-order valence-electron chi connectivity index (χ2n) is 17.4. The number of furan rings is 2. The van der Waals surface area contributed by atoms with Crippen LogP contribution in [0.3, 0.4) is 0 Å². The van der Waals surface area contributed by atoms with Gasteiger partial charge in [-0.1, -0.05) is 200 Å². The Hall–Kier alpha value is -8.24. The molecule has 11 aromatic carbocycles. The number of para-hydroxylation sites is 2. The second kappa shape index (κ2) is 13.9. The molecule has 0 N–H and O–H groups in total. The van der Waals surface area contributed by atoms with Gasteiger partial charge in [-0.15, -0.1) is 0 Å². The Bertz CT molecular complexity index is 3850. The standard InChI is InChI=1S/C62H38O2Si/c1-3-18-39(19-4-1)65(40-20-5-2-6-21-40)58-37-12-9-22-43(58)48-31-15-32-51(62(48)65)59-46-27-13-25-41(44-29-16-35-56-60(44)49-23-7-10-33-54(49)63-56)52(46)38-53-42(26-14-28-47(53)59)45-30-17-36-57-61(45)50-24-8-11-34-55(50)64-57/h1-38H. The number of hydrogen-bond donors (Lipinski definition) is 0. The van der Waals surface area contributed by atoms with E-state index in [-0.39, 0.29) is 0 Å². The summed E-state index contributed by atoms with van der Waals surface area (Å²) in [6.45, 7) is 0. The van der Waals surface area contributed by atoms with E-state index in [0.29, 0.717) is 0 Å². The highest BCUT2D eigenvalue weighted by molar-refractivity contribution is 7.22. The van der Waals surface area contributed by atoms with Crippen molar-refractivity contribution in [2.75, 3.05) is 0 Å². The minimum absolute atomic E-state index is 0.890. The van der Waals surface area contributed by atoms with Crippen LogP contribution >= 0.6 is 0 Å². The van der Waals surface area contributed by atoms with Crippen molar-refractivity contribution >= 4 is 94.2 Å². The Balaban J connectivity index is 1.17. The third-order valence-electron chi connectivity index (χ3n) is 14.2. The Morgan fingerprint density at radius 3 is 1.25 bits per heavy atom. The smallest absolute Gasteiger partial charge is 0.181 e. The number of hydrogen-bond acceptors (Lipinski definition) is 2. The molecule has 1 aliphatic heterocycles. The summed E-state index contributed by atoms with van der Waals surface area (Å²) >= 11 is 0. The van der Waals surface area contributed by atoms with Gasteiger partial charge < -0.3 is 8.83 Å². The molecular formula is C62H38O2Si. The zero-order chi connectivity index (χ0) is 42.6. The van der Waals surface area contributed by atoms with Crippen molar-refractivity contribution in [1.82, 2.24) is 0 Å². The maximum absolute atomic E-state index is 6.52. The van der Waals surface area contributed by atoms with Gasteiger partial charge in [0.25, 0.3) is 0 Å². The fraction of sp³-hybridized carbons (Fsp3) is 0. The predicted molar refractivity (Wildman–Crippen MR) is 275 cm³/mol. The molecule has 3 heteroatoms. The third-order valence-corrected chi connectivity index (χ3v) is 19.1. The lowest BCUT2D eigenvalue weighted by Gasteiger charge is -2.33. The molecular weight excluding hydrogens is 805 g/mol. The van der Waals surface area contributed by atoms with Crippen molar-refractivity contribution in [2.24, 2.45) is 0 Å². The van der Waals surface area contributed by atoms with Crippen molar-refractivity contribution in [1.29, 1.82) is 0 Å². The van der Waals surface area contributed by atoms with E-state index in [2.05, 4.69) is 231 Å². The molecule has 0 amide bonds. The Morgan fingerprint density at radius 2 is 0.662 bits per heavy atom. The van der Waals surface area contributed by atoms with E-state index in [1.165, 1.54) is 75.7 Å². The molecule has 2 nitrogen and oxygen atoms in total. The normalized spacial score (nSPS) is 13.0. The summed E-state index contributed by atoms with van der Waals surface area (Å²) in [7, 11) is -2.92. The average molecular weight is 843 g/mol. The predicted octanol–water partition coefficient (Wildman–Crippen LogP) is 14.2. The summed E-state index contributed by atoms with van der Waals surface area (Å²) in [5, 5.41) is 15.0. The van der Waals surface area contributed by atoms with E-state index in [9.17, 15) is 0 Å². The van der Waals surface area contributed by atoms with E-state index in [1.807, 2.05) is 0 Å². The molecule has 0 unspecified atom stereocenters. The van der Waals surface area contributed by atoms with Gasteiger partial charge in [0.05, 0.1) is 0 Å². The van der Waals surface area contributed by atoms with Crippen LogP contribution in [0.4, 0.5) is 0 Å². The first kappa shape index (κ1) is 36.3. The molecule has 0 aliphatic carbocycles. The lowest BCUT2D eigenvalue weighted by molar-refractivity contribution is 0.668. The van der Waals surface area contributed by atoms with E-state index in [1.54, 1.807) is 0 Å². The highest BCUT2D eigenvalue weighted by Gasteiger charge is 2.50. The maximum Gasteiger partial charge on any atom is 0.181 e. The molecule has 0 fully saturated rings. The van der Waals surface area contributed by atoms with Gasteiger partial charge in [-0.25, -0.2) is 0 Å². The third kappa shape index (κ3) is 5.04. The van der Waals surface area contributed by atoms with Crippen LogP contribution in [-0.2, 0) is 0 Å². The first-order valence-electron chi connectivity index (χ1n) is 22.4. The van der Waals surface area contributed by atoms with Crippen molar-refractivity contribution in [3.63, 3.8) is 0 Å². The topological polar surface area (TPSA) is 26.3 Å². The minimum atomic E-state index is -2.92. The average Bonchev–Trinajstić information content (AvgIpc) is 4.05. The molecule has 0 saturated carbocycles. The van der Waals surface area contributed by atoms with E-state index in [4.69, 9.17) is 8.83 Å². The molecule has 302 valence electrons. The Kier molecular flexibility index (Phi) is 7.74. The zero-order valence-electron chi connectivity index (χ0n) is 35.3. The van der Waals surface area contributed by atoms with Gasteiger partial charge in [0.1, 0.15) is 22.3 Å². The van der Waals surface area contributed by atoms with Crippen molar-refractivity contribution in [3.05, 3.63) is 231 Å². The van der Waals surface area contributed by atoms with Crippen LogP contribution in [0.25, 0.3) is 110 Å². The molecule has 65 heavy (non-hydrogen) atoms. The summed E-state index contributed by atoms with van der Waals surface area (Å²) in [6, 6.07) is 85.2. The maximum atomic E-state index is 6.52. The van der Waals surface area contributed by atoms with Crippen LogP contribution in [0.2, 0.25) is 0 Å². The SMILES string of the molecule is c1ccc([Si]2(c3ccccc3)c3ccccc3-c3cccc(-c4c5cccc(-c6cccc7oc8ccccc8c67)c5cc5c(-c6cccc7oc8ccccc8c67)cccc45)c32)cc1. The van der Waals surface area contributed by atoms with Gasteiger partial charge in [-0.2, -0.15) is 0 Å². The largest absolute Gasteiger partial charge is 0.456 e. The molecule has 2 aromatic heterocycles. The van der Waals surface area contributed by atoms with E-state index < -0.39 is 8.07 Å². The first-order chi connectivity index (χ1) is 32.3. The number of benzene rings is 11. The molecule has 3 heterocycles. The fourth-order valence-electron chi connectivity index (χ4n) is 11.6. The number of fused-ring (bicyclic) bond motifs is 11. The van der Waals surface area contributed by atoms with Gasteiger partial charge in [-0.3, -0.25) is 0 Å². The first-order valence-corrected chi connectivity index (χ1v) is 24.4. The van der Waals surface area contributed by atoms with Crippen LogP contribution < -0.4 is 20.7 Å². The highest BCUT2D eigenvalue weighted by atomic mass is 28.3. The molecule has 0 saturated heterocycles. The molecule has 14 rings (SSSR count). The fourth-order valence-corrected chi connectivity index (χ4v) is 17.0.